The molecule has 2 fully saturated rings. The van der Waals surface area contributed by atoms with Crippen LogP contribution in [0.2, 0.25) is 0 Å². The fourth-order valence-electron chi connectivity index (χ4n) is 3.25. The van der Waals surface area contributed by atoms with Crippen molar-refractivity contribution in [1.82, 2.24) is 5.32 Å². The van der Waals surface area contributed by atoms with Crippen molar-refractivity contribution in [2.45, 2.75) is 57.1 Å². The smallest absolute Gasteiger partial charge is 0.201 e. The molecule has 0 radical (unpaired) electrons. The lowest BCUT2D eigenvalue weighted by atomic mass is 9.85. The third-order valence-electron chi connectivity index (χ3n) is 4.23. The van der Waals surface area contributed by atoms with E-state index in [1.807, 2.05) is 0 Å². The molecule has 0 aromatic heterocycles. The lowest BCUT2D eigenvalue weighted by Crippen LogP contribution is -2.34. The van der Waals surface area contributed by atoms with Crippen molar-refractivity contribution < 1.29 is 4.74 Å². The number of hydrogen-bond donors (Lipinski definition) is 1. The van der Waals surface area contributed by atoms with Gasteiger partial charge in [-0.05, 0) is 38.1 Å². The van der Waals surface area contributed by atoms with Crippen LogP contribution in [0.1, 0.15) is 44.9 Å². The Balaban J connectivity index is 1.54. The van der Waals surface area contributed by atoms with E-state index >= 15 is 0 Å². The quantitative estimate of drug-likeness (QED) is 0.776. The molecule has 2 unspecified atom stereocenters. The van der Waals surface area contributed by atoms with Gasteiger partial charge in [-0.15, -0.1) is 0 Å². The standard InChI is InChI=1S/C13H22N2O/c1-2-5-10(6-3-1)12-9-15-13(16-12)11-7-4-8-14-11/h10-12,14H,1-9H2. The van der Waals surface area contributed by atoms with Gasteiger partial charge in [0.25, 0.3) is 0 Å². The Kier molecular flexibility index (Phi) is 3.13. The first-order valence-corrected chi connectivity index (χ1v) is 6.88. The topological polar surface area (TPSA) is 33.6 Å². The van der Waals surface area contributed by atoms with E-state index in [0.29, 0.717) is 12.1 Å². The second-order valence-corrected chi connectivity index (χ2v) is 5.38. The van der Waals surface area contributed by atoms with E-state index in [4.69, 9.17) is 4.74 Å². The Hall–Kier alpha value is -0.570. The maximum Gasteiger partial charge on any atom is 0.201 e. The minimum atomic E-state index is 0.401. The molecule has 1 saturated carbocycles. The summed E-state index contributed by atoms with van der Waals surface area (Å²) in [7, 11) is 0. The van der Waals surface area contributed by atoms with Crippen LogP contribution in [0, 0.1) is 5.92 Å². The highest BCUT2D eigenvalue weighted by atomic mass is 16.5. The molecule has 3 aliphatic rings. The second kappa shape index (κ2) is 4.74. The molecular weight excluding hydrogens is 200 g/mol. The molecule has 2 atom stereocenters. The summed E-state index contributed by atoms with van der Waals surface area (Å²) in [5.74, 6) is 1.78. The lowest BCUT2D eigenvalue weighted by Gasteiger charge is -2.27. The van der Waals surface area contributed by atoms with E-state index < -0.39 is 0 Å². The van der Waals surface area contributed by atoms with Gasteiger partial charge in [0, 0.05) is 0 Å². The van der Waals surface area contributed by atoms with E-state index in [0.717, 1.165) is 24.9 Å². The van der Waals surface area contributed by atoms with Gasteiger partial charge in [0.2, 0.25) is 5.90 Å². The minimum absolute atomic E-state index is 0.401. The first-order valence-electron chi connectivity index (χ1n) is 6.88. The summed E-state index contributed by atoms with van der Waals surface area (Å²) in [4.78, 5) is 4.61. The van der Waals surface area contributed by atoms with E-state index in [1.165, 1.54) is 44.9 Å². The molecule has 2 heterocycles. The summed E-state index contributed by atoms with van der Waals surface area (Å²) in [5.41, 5.74) is 0. The van der Waals surface area contributed by atoms with Crippen LogP contribution >= 0.6 is 0 Å². The van der Waals surface area contributed by atoms with Gasteiger partial charge in [-0.25, -0.2) is 0 Å². The molecule has 90 valence electrons. The molecule has 1 saturated heterocycles. The molecule has 0 amide bonds. The number of aliphatic imine (C=N–C) groups is 1. The van der Waals surface area contributed by atoms with Crippen molar-refractivity contribution >= 4 is 5.90 Å². The van der Waals surface area contributed by atoms with Crippen LogP contribution in [-0.4, -0.2) is 31.1 Å². The molecule has 1 aliphatic carbocycles. The number of ether oxygens (including phenoxy) is 1. The zero-order chi connectivity index (χ0) is 10.8. The molecule has 0 bridgehead atoms. The summed E-state index contributed by atoms with van der Waals surface area (Å²) in [6, 6.07) is 0.425. The zero-order valence-electron chi connectivity index (χ0n) is 9.95. The number of rotatable bonds is 2. The third kappa shape index (κ3) is 2.10. The fourth-order valence-corrected chi connectivity index (χ4v) is 3.25. The van der Waals surface area contributed by atoms with Gasteiger partial charge in [0.15, 0.2) is 0 Å². The molecule has 1 N–H and O–H groups in total. The third-order valence-corrected chi connectivity index (χ3v) is 4.23. The molecule has 16 heavy (non-hydrogen) atoms. The summed E-state index contributed by atoms with van der Waals surface area (Å²) < 4.78 is 6.07. The largest absolute Gasteiger partial charge is 0.474 e. The van der Waals surface area contributed by atoms with E-state index in [9.17, 15) is 0 Å². The summed E-state index contributed by atoms with van der Waals surface area (Å²) in [6.07, 6.45) is 9.77. The summed E-state index contributed by atoms with van der Waals surface area (Å²) in [5, 5.41) is 3.47. The molecule has 0 aromatic rings. The highest BCUT2D eigenvalue weighted by Crippen LogP contribution is 2.30. The van der Waals surface area contributed by atoms with Crippen LogP contribution in [0.25, 0.3) is 0 Å². The highest BCUT2D eigenvalue weighted by Gasteiger charge is 2.33. The first kappa shape index (κ1) is 10.6. The molecule has 3 rings (SSSR count). The van der Waals surface area contributed by atoms with Gasteiger partial charge in [-0.3, -0.25) is 4.99 Å². The highest BCUT2D eigenvalue weighted by molar-refractivity contribution is 5.83. The molecule has 2 aliphatic heterocycles. The number of nitrogens with one attached hydrogen (secondary N) is 1. The molecule has 3 heteroatoms. The molecule has 0 aromatic carbocycles. The monoisotopic (exact) mass is 222 g/mol. The van der Waals surface area contributed by atoms with Gasteiger partial charge in [-0.1, -0.05) is 19.3 Å². The van der Waals surface area contributed by atoms with Crippen LogP contribution in [0.15, 0.2) is 4.99 Å². The van der Waals surface area contributed by atoms with Crippen LogP contribution < -0.4 is 5.32 Å². The average molecular weight is 222 g/mol. The van der Waals surface area contributed by atoms with Crippen LogP contribution in [0.3, 0.4) is 0 Å². The second-order valence-electron chi connectivity index (χ2n) is 5.38. The van der Waals surface area contributed by atoms with Gasteiger partial charge in [0.1, 0.15) is 6.10 Å². The Bertz CT molecular complexity index is 265. The van der Waals surface area contributed by atoms with Gasteiger partial charge < -0.3 is 10.1 Å². The van der Waals surface area contributed by atoms with Gasteiger partial charge in [-0.2, -0.15) is 0 Å². The van der Waals surface area contributed by atoms with Crippen LogP contribution in [0.5, 0.6) is 0 Å². The lowest BCUT2D eigenvalue weighted by molar-refractivity contribution is 0.118. The van der Waals surface area contributed by atoms with E-state index in [1.54, 1.807) is 0 Å². The van der Waals surface area contributed by atoms with E-state index in [2.05, 4.69) is 10.3 Å². The van der Waals surface area contributed by atoms with Crippen LogP contribution in [0.4, 0.5) is 0 Å². The van der Waals surface area contributed by atoms with Crippen molar-refractivity contribution in [3.63, 3.8) is 0 Å². The summed E-state index contributed by atoms with van der Waals surface area (Å²) in [6.45, 7) is 2.04. The fraction of sp³-hybridized carbons (Fsp3) is 0.923. The Labute approximate surface area is 97.7 Å². The van der Waals surface area contributed by atoms with Crippen molar-refractivity contribution in [2.24, 2.45) is 10.9 Å². The molecule has 3 nitrogen and oxygen atoms in total. The zero-order valence-corrected chi connectivity index (χ0v) is 9.95. The van der Waals surface area contributed by atoms with Crippen molar-refractivity contribution in [3.8, 4) is 0 Å². The molecular formula is C13H22N2O. The predicted octanol–water partition coefficient (Wildman–Crippen LogP) is 2.12. The van der Waals surface area contributed by atoms with Gasteiger partial charge >= 0.3 is 0 Å². The number of hydrogen-bond acceptors (Lipinski definition) is 3. The Morgan fingerprint density at radius 1 is 1.06 bits per heavy atom. The minimum Gasteiger partial charge on any atom is -0.474 e. The predicted molar refractivity (Wildman–Crippen MR) is 64.8 cm³/mol. The Morgan fingerprint density at radius 3 is 2.69 bits per heavy atom. The maximum absolute atomic E-state index is 6.07. The molecule has 0 spiro atoms. The number of nitrogens with zero attached hydrogens (tertiary/aromatic N) is 1. The summed E-state index contributed by atoms with van der Waals surface area (Å²) >= 11 is 0. The van der Waals surface area contributed by atoms with E-state index in [-0.39, 0.29) is 0 Å². The Morgan fingerprint density at radius 2 is 1.94 bits per heavy atom. The normalized spacial score (nSPS) is 36.1. The van der Waals surface area contributed by atoms with Crippen molar-refractivity contribution in [2.75, 3.05) is 13.1 Å². The van der Waals surface area contributed by atoms with Crippen LogP contribution in [-0.2, 0) is 4.74 Å². The SMILES string of the molecule is C1CCC(C2CN=C(C3CCCN3)O2)CC1. The van der Waals surface area contributed by atoms with Gasteiger partial charge in [0.05, 0.1) is 12.6 Å². The first-order chi connectivity index (χ1) is 7.93. The average Bonchev–Trinajstić information content (AvgIpc) is 3.01. The maximum atomic E-state index is 6.07. The van der Waals surface area contributed by atoms with Crippen molar-refractivity contribution in [1.29, 1.82) is 0 Å². The van der Waals surface area contributed by atoms with Crippen molar-refractivity contribution in [3.05, 3.63) is 0 Å².